The van der Waals surface area contributed by atoms with Crippen molar-refractivity contribution in [1.29, 1.82) is 0 Å². The Morgan fingerprint density at radius 2 is 2.23 bits per heavy atom. The summed E-state index contributed by atoms with van der Waals surface area (Å²) in [5, 5.41) is 0. The third kappa shape index (κ3) is 2.54. The summed E-state index contributed by atoms with van der Waals surface area (Å²) in [6, 6.07) is 0. The van der Waals surface area contributed by atoms with E-state index in [4.69, 9.17) is 4.74 Å². The molecule has 1 aliphatic carbocycles. The van der Waals surface area contributed by atoms with Crippen LogP contribution in [0.25, 0.3) is 0 Å². The quantitative estimate of drug-likeness (QED) is 0.613. The molecule has 13 heavy (non-hydrogen) atoms. The fraction of sp³-hybridized carbons (Fsp3) is 0.800. The Labute approximate surface area is 78.5 Å². The Balaban J connectivity index is 2.51. The number of ketones is 1. The molecule has 3 nitrogen and oxygen atoms in total. The summed E-state index contributed by atoms with van der Waals surface area (Å²) in [7, 11) is 0. The molecule has 0 aromatic heterocycles. The van der Waals surface area contributed by atoms with E-state index in [9.17, 15) is 9.59 Å². The second kappa shape index (κ2) is 3.90. The van der Waals surface area contributed by atoms with Crippen LogP contribution < -0.4 is 0 Å². The number of esters is 1. The largest absolute Gasteiger partial charge is 0.465 e. The molecule has 74 valence electrons. The highest BCUT2D eigenvalue weighted by molar-refractivity contribution is 5.85. The predicted octanol–water partition coefficient (Wildman–Crippen LogP) is 1.70. The number of carbonyl (C=O) groups is 2. The van der Waals surface area contributed by atoms with E-state index >= 15 is 0 Å². The lowest BCUT2D eigenvalue weighted by molar-refractivity contribution is -0.148. The van der Waals surface area contributed by atoms with Gasteiger partial charge in [0.15, 0.2) is 0 Å². The van der Waals surface area contributed by atoms with Crippen molar-refractivity contribution in [2.75, 3.05) is 6.61 Å². The molecule has 0 saturated heterocycles. The van der Waals surface area contributed by atoms with Gasteiger partial charge in [-0.05, 0) is 19.8 Å². The standard InChI is InChI=1S/C10H16O3/c1-8(11)13-7-10(2)6-4-3-5-9(10)12/h3-7H2,1-2H3. The first-order chi connectivity index (χ1) is 6.04. The van der Waals surface area contributed by atoms with E-state index in [-0.39, 0.29) is 18.4 Å². The fourth-order valence-corrected chi connectivity index (χ4v) is 1.66. The average molecular weight is 184 g/mol. The Kier molecular flexibility index (Phi) is 3.07. The van der Waals surface area contributed by atoms with Crippen molar-refractivity contribution < 1.29 is 14.3 Å². The van der Waals surface area contributed by atoms with Gasteiger partial charge in [0.2, 0.25) is 0 Å². The van der Waals surface area contributed by atoms with Crippen LogP contribution in [0.2, 0.25) is 0 Å². The van der Waals surface area contributed by atoms with Crippen LogP contribution in [0.4, 0.5) is 0 Å². The number of Topliss-reactive ketones (excluding diaryl/α,β-unsaturated/α-hetero) is 1. The Bertz CT molecular complexity index is 222. The molecule has 1 unspecified atom stereocenters. The van der Waals surface area contributed by atoms with Crippen LogP contribution in [0.5, 0.6) is 0 Å². The molecule has 0 radical (unpaired) electrons. The summed E-state index contributed by atoms with van der Waals surface area (Å²) in [5.74, 6) is -0.0698. The molecule has 1 fully saturated rings. The summed E-state index contributed by atoms with van der Waals surface area (Å²) < 4.78 is 4.89. The van der Waals surface area contributed by atoms with Gasteiger partial charge in [0.25, 0.3) is 0 Å². The van der Waals surface area contributed by atoms with Crippen molar-refractivity contribution in [2.24, 2.45) is 5.41 Å². The maximum absolute atomic E-state index is 11.5. The zero-order valence-electron chi connectivity index (χ0n) is 8.26. The van der Waals surface area contributed by atoms with E-state index in [0.717, 1.165) is 19.3 Å². The Hall–Kier alpha value is -0.860. The molecule has 0 N–H and O–H groups in total. The summed E-state index contributed by atoms with van der Waals surface area (Å²) in [6.07, 6.45) is 3.52. The van der Waals surface area contributed by atoms with Gasteiger partial charge in [-0.2, -0.15) is 0 Å². The zero-order valence-corrected chi connectivity index (χ0v) is 8.26. The van der Waals surface area contributed by atoms with Gasteiger partial charge in [-0.3, -0.25) is 9.59 Å². The molecule has 0 aromatic carbocycles. The first-order valence-corrected chi connectivity index (χ1v) is 4.71. The second-order valence-corrected chi connectivity index (χ2v) is 3.97. The van der Waals surface area contributed by atoms with E-state index in [1.807, 2.05) is 6.92 Å². The number of hydrogen-bond acceptors (Lipinski definition) is 3. The minimum absolute atomic E-state index is 0.236. The lowest BCUT2D eigenvalue weighted by Crippen LogP contribution is -2.36. The van der Waals surface area contributed by atoms with Gasteiger partial charge >= 0.3 is 5.97 Å². The monoisotopic (exact) mass is 184 g/mol. The van der Waals surface area contributed by atoms with Gasteiger partial charge in [-0.1, -0.05) is 6.42 Å². The van der Waals surface area contributed by atoms with Crippen LogP contribution >= 0.6 is 0 Å². The maximum atomic E-state index is 11.5. The highest BCUT2D eigenvalue weighted by Gasteiger charge is 2.35. The van der Waals surface area contributed by atoms with Crippen LogP contribution in [0.15, 0.2) is 0 Å². The molecule has 1 aliphatic rings. The van der Waals surface area contributed by atoms with Crippen LogP contribution in [0.1, 0.15) is 39.5 Å². The molecule has 0 aromatic rings. The third-order valence-electron chi connectivity index (χ3n) is 2.65. The molecular formula is C10H16O3. The van der Waals surface area contributed by atoms with E-state index < -0.39 is 5.41 Å². The van der Waals surface area contributed by atoms with Gasteiger partial charge in [0.1, 0.15) is 12.4 Å². The van der Waals surface area contributed by atoms with Gasteiger partial charge in [-0.25, -0.2) is 0 Å². The van der Waals surface area contributed by atoms with E-state index in [0.29, 0.717) is 6.42 Å². The summed E-state index contributed by atoms with van der Waals surface area (Å²) in [4.78, 5) is 22.1. The molecule has 0 aliphatic heterocycles. The Morgan fingerprint density at radius 3 is 2.77 bits per heavy atom. The highest BCUT2D eigenvalue weighted by atomic mass is 16.5. The lowest BCUT2D eigenvalue weighted by Gasteiger charge is -2.30. The summed E-state index contributed by atoms with van der Waals surface area (Å²) in [6.45, 7) is 3.51. The number of rotatable bonds is 2. The predicted molar refractivity (Wildman–Crippen MR) is 48.2 cm³/mol. The lowest BCUT2D eigenvalue weighted by atomic mass is 9.75. The van der Waals surface area contributed by atoms with Crippen LogP contribution in [0, 0.1) is 5.41 Å². The normalized spacial score (nSPS) is 28.6. The van der Waals surface area contributed by atoms with Gasteiger partial charge in [-0.15, -0.1) is 0 Å². The van der Waals surface area contributed by atoms with Crippen molar-refractivity contribution in [3.8, 4) is 0 Å². The van der Waals surface area contributed by atoms with Gasteiger partial charge in [0.05, 0.1) is 5.41 Å². The molecule has 0 heterocycles. The van der Waals surface area contributed by atoms with Gasteiger partial charge in [0, 0.05) is 13.3 Å². The van der Waals surface area contributed by atoms with Crippen LogP contribution in [-0.4, -0.2) is 18.4 Å². The fourth-order valence-electron chi connectivity index (χ4n) is 1.66. The zero-order chi connectivity index (χ0) is 9.90. The minimum Gasteiger partial charge on any atom is -0.465 e. The Morgan fingerprint density at radius 1 is 1.54 bits per heavy atom. The smallest absolute Gasteiger partial charge is 0.302 e. The average Bonchev–Trinajstić information content (AvgIpc) is 2.07. The first kappa shape index (κ1) is 10.2. The summed E-state index contributed by atoms with van der Waals surface area (Å²) >= 11 is 0. The van der Waals surface area contributed by atoms with Crippen molar-refractivity contribution in [3.05, 3.63) is 0 Å². The SMILES string of the molecule is CC(=O)OCC1(C)CCCCC1=O. The molecule has 3 heteroatoms. The summed E-state index contributed by atoms with van der Waals surface area (Å²) in [5.41, 5.74) is -0.413. The topological polar surface area (TPSA) is 43.4 Å². The molecule has 1 rings (SSSR count). The molecule has 1 saturated carbocycles. The number of hydrogen-bond donors (Lipinski definition) is 0. The van der Waals surface area contributed by atoms with Crippen LogP contribution in [0.3, 0.4) is 0 Å². The molecule has 0 bridgehead atoms. The van der Waals surface area contributed by atoms with Gasteiger partial charge < -0.3 is 4.74 Å². The van der Waals surface area contributed by atoms with Crippen molar-refractivity contribution in [3.63, 3.8) is 0 Å². The van der Waals surface area contributed by atoms with Crippen molar-refractivity contribution in [1.82, 2.24) is 0 Å². The highest BCUT2D eigenvalue weighted by Crippen LogP contribution is 2.32. The van der Waals surface area contributed by atoms with E-state index in [1.54, 1.807) is 0 Å². The molecule has 1 atom stereocenters. The minimum atomic E-state index is -0.413. The number of ether oxygens (including phenoxy) is 1. The number of carbonyl (C=O) groups excluding carboxylic acids is 2. The van der Waals surface area contributed by atoms with Crippen molar-refractivity contribution in [2.45, 2.75) is 39.5 Å². The maximum Gasteiger partial charge on any atom is 0.302 e. The molecule has 0 amide bonds. The van der Waals surface area contributed by atoms with Crippen LogP contribution in [-0.2, 0) is 14.3 Å². The second-order valence-electron chi connectivity index (χ2n) is 3.97. The van der Waals surface area contributed by atoms with E-state index in [1.165, 1.54) is 6.92 Å². The molecular weight excluding hydrogens is 168 g/mol. The van der Waals surface area contributed by atoms with Crippen molar-refractivity contribution >= 4 is 11.8 Å². The third-order valence-corrected chi connectivity index (χ3v) is 2.65. The first-order valence-electron chi connectivity index (χ1n) is 4.71. The van der Waals surface area contributed by atoms with E-state index in [2.05, 4.69) is 0 Å². The molecule has 0 spiro atoms.